The van der Waals surface area contributed by atoms with Crippen LogP contribution in [0.5, 0.6) is 0 Å². The zero-order valence-electron chi connectivity index (χ0n) is 9.88. The van der Waals surface area contributed by atoms with Crippen molar-refractivity contribution in [1.29, 1.82) is 0 Å². The van der Waals surface area contributed by atoms with Crippen LogP contribution in [0.15, 0.2) is 18.2 Å². The number of morpholine rings is 1. The summed E-state index contributed by atoms with van der Waals surface area (Å²) < 4.78 is 5.36. The Labute approximate surface area is 101 Å². The summed E-state index contributed by atoms with van der Waals surface area (Å²) in [6.07, 6.45) is 0. The van der Waals surface area contributed by atoms with Crippen LogP contribution in [0.1, 0.15) is 0 Å². The number of nitrogens with two attached hydrogens (primary N) is 1. The van der Waals surface area contributed by atoms with Crippen molar-refractivity contribution in [1.82, 2.24) is 9.88 Å². The second-order valence-corrected chi connectivity index (χ2v) is 4.63. The van der Waals surface area contributed by atoms with Gasteiger partial charge in [-0.15, -0.1) is 0 Å². The number of anilines is 2. The van der Waals surface area contributed by atoms with Crippen LogP contribution in [0, 0.1) is 0 Å². The van der Waals surface area contributed by atoms with Crippen LogP contribution in [0.3, 0.4) is 0 Å². The lowest BCUT2D eigenvalue weighted by Gasteiger charge is -2.47. The molecule has 1 aromatic heterocycles. The van der Waals surface area contributed by atoms with Gasteiger partial charge < -0.3 is 15.4 Å². The van der Waals surface area contributed by atoms with Crippen LogP contribution in [-0.4, -0.2) is 55.3 Å². The van der Waals surface area contributed by atoms with Gasteiger partial charge in [-0.2, -0.15) is 0 Å². The maximum absolute atomic E-state index is 5.69. The fraction of sp³-hybridized carbons (Fsp3) is 0.583. The zero-order valence-corrected chi connectivity index (χ0v) is 9.88. The van der Waals surface area contributed by atoms with Gasteiger partial charge in [0, 0.05) is 32.2 Å². The second kappa shape index (κ2) is 4.50. The number of aromatic nitrogens is 1. The van der Waals surface area contributed by atoms with Crippen LogP contribution in [0.4, 0.5) is 11.6 Å². The molecule has 2 aliphatic heterocycles. The quantitative estimate of drug-likeness (QED) is 0.791. The van der Waals surface area contributed by atoms with Gasteiger partial charge in [0.1, 0.15) is 11.6 Å². The van der Waals surface area contributed by atoms with E-state index >= 15 is 0 Å². The first kappa shape index (κ1) is 10.8. The molecule has 0 bridgehead atoms. The smallest absolute Gasteiger partial charge is 0.131 e. The summed E-state index contributed by atoms with van der Waals surface area (Å²) in [5.41, 5.74) is 5.69. The number of ether oxygens (including phenoxy) is 1. The van der Waals surface area contributed by atoms with Gasteiger partial charge in [0.05, 0.1) is 13.2 Å². The molecule has 2 aliphatic rings. The minimum Gasteiger partial charge on any atom is -0.384 e. The Kier molecular flexibility index (Phi) is 2.86. The molecule has 2 fully saturated rings. The van der Waals surface area contributed by atoms with E-state index in [1.54, 1.807) is 0 Å². The minimum absolute atomic E-state index is 0.595. The van der Waals surface area contributed by atoms with Gasteiger partial charge in [0.25, 0.3) is 0 Å². The Morgan fingerprint density at radius 1 is 1.24 bits per heavy atom. The SMILES string of the molecule is Nc1cccc(N2CC(N3CCOCC3)C2)n1. The summed E-state index contributed by atoms with van der Waals surface area (Å²) in [6, 6.07) is 6.45. The summed E-state index contributed by atoms with van der Waals surface area (Å²) in [7, 11) is 0. The molecule has 0 amide bonds. The molecular weight excluding hydrogens is 216 g/mol. The largest absolute Gasteiger partial charge is 0.384 e. The number of nitrogens with zero attached hydrogens (tertiary/aromatic N) is 3. The number of rotatable bonds is 2. The van der Waals surface area contributed by atoms with Crippen molar-refractivity contribution >= 4 is 11.6 Å². The first-order chi connectivity index (χ1) is 8.33. The van der Waals surface area contributed by atoms with E-state index in [1.807, 2.05) is 18.2 Å². The summed E-state index contributed by atoms with van der Waals surface area (Å²) in [6.45, 7) is 5.96. The molecule has 0 atom stereocenters. The predicted octanol–water partition coefficient (Wildman–Crippen LogP) is 0.185. The highest BCUT2D eigenvalue weighted by Crippen LogP contribution is 2.22. The fourth-order valence-electron chi connectivity index (χ4n) is 2.43. The number of hydrogen-bond acceptors (Lipinski definition) is 5. The normalized spacial score (nSPS) is 22.5. The number of pyridine rings is 1. The van der Waals surface area contributed by atoms with Gasteiger partial charge in [-0.25, -0.2) is 4.98 Å². The Balaban J connectivity index is 1.57. The van der Waals surface area contributed by atoms with E-state index in [1.165, 1.54) is 0 Å². The van der Waals surface area contributed by atoms with Crippen molar-refractivity contribution in [3.8, 4) is 0 Å². The molecule has 0 spiro atoms. The first-order valence-electron chi connectivity index (χ1n) is 6.12. The maximum Gasteiger partial charge on any atom is 0.131 e. The molecular formula is C12H18N4O. The summed E-state index contributed by atoms with van der Waals surface area (Å²) in [5, 5.41) is 0. The van der Waals surface area contributed by atoms with Crippen LogP contribution < -0.4 is 10.6 Å². The molecule has 92 valence electrons. The molecule has 0 saturated carbocycles. The predicted molar refractivity (Wildman–Crippen MR) is 67.0 cm³/mol. The first-order valence-corrected chi connectivity index (χ1v) is 6.12. The van der Waals surface area contributed by atoms with Gasteiger partial charge in [-0.05, 0) is 12.1 Å². The molecule has 5 nitrogen and oxygen atoms in total. The Morgan fingerprint density at radius 2 is 2.00 bits per heavy atom. The van der Waals surface area contributed by atoms with Crippen LogP contribution in [0.25, 0.3) is 0 Å². The lowest BCUT2D eigenvalue weighted by molar-refractivity contribution is 0.0104. The van der Waals surface area contributed by atoms with Crippen molar-refractivity contribution in [2.24, 2.45) is 0 Å². The Hall–Kier alpha value is -1.33. The van der Waals surface area contributed by atoms with Crippen molar-refractivity contribution < 1.29 is 4.74 Å². The molecule has 5 heteroatoms. The van der Waals surface area contributed by atoms with E-state index in [2.05, 4.69) is 14.8 Å². The lowest BCUT2D eigenvalue weighted by atomic mass is 10.1. The lowest BCUT2D eigenvalue weighted by Crippen LogP contribution is -2.61. The highest BCUT2D eigenvalue weighted by Gasteiger charge is 2.33. The standard InChI is InChI=1S/C12H18N4O/c13-11-2-1-3-12(14-11)16-8-10(9-16)15-4-6-17-7-5-15/h1-3,10H,4-9H2,(H2,13,14). The monoisotopic (exact) mass is 234 g/mol. The van der Waals surface area contributed by atoms with E-state index in [0.717, 1.165) is 45.2 Å². The molecule has 0 aliphatic carbocycles. The van der Waals surface area contributed by atoms with E-state index in [4.69, 9.17) is 10.5 Å². The Morgan fingerprint density at radius 3 is 2.71 bits per heavy atom. The summed E-state index contributed by atoms with van der Waals surface area (Å²) in [5.74, 6) is 1.59. The third-order valence-corrected chi connectivity index (χ3v) is 3.50. The summed E-state index contributed by atoms with van der Waals surface area (Å²) in [4.78, 5) is 9.12. The van der Waals surface area contributed by atoms with Gasteiger partial charge in [-0.1, -0.05) is 6.07 Å². The maximum atomic E-state index is 5.69. The third kappa shape index (κ3) is 2.21. The Bertz CT molecular complexity index is 386. The molecule has 2 saturated heterocycles. The topological polar surface area (TPSA) is 54.6 Å². The minimum atomic E-state index is 0.595. The zero-order chi connectivity index (χ0) is 11.7. The molecule has 0 radical (unpaired) electrons. The van der Waals surface area contributed by atoms with E-state index in [9.17, 15) is 0 Å². The molecule has 3 heterocycles. The second-order valence-electron chi connectivity index (χ2n) is 4.63. The van der Waals surface area contributed by atoms with Crippen molar-refractivity contribution in [2.75, 3.05) is 50.0 Å². The fourth-order valence-corrected chi connectivity index (χ4v) is 2.43. The van der Waals surface area contributed by atoms with Crippen molar-refractivity contribution in [2.45, 2.75) is 6.04 Å². The third-order valence-electron chi connectivity index (χ3n) is 3.50. The summed E-state index contributed by atoms with van der Waals surface area (Å²) >= 11 is 0. The molecule has 0 unspecified atom stereocenters. The number of nitrogen functional groups attached to an aromatic ring is 1. The molecule has 3 rings (SSSR count). The highest BCUT2D eigenvalue weighted by atomic mass is 16.5. The van der Waals surface area contributed by atoms with Crippen molar-refractivity contribution in [3.05, 3.63) is 18.2 Å². The van der Waals surface area contributed by atoms with Crippen LogP contribution in [-0.2, 0) is 4.74 Å². The van der Waals surface area contributed by atoms with Gasteiger partial charge in [-0.3, -0.25) is 4.90 Å². The highest BCUT2D eigenvalue weighted by molar-refractivity contribution is 5.47. The molecule has 1 aromatic rings. The van der Waals surface area contributed by atoms with E-state index in [0.29, 0.717) is 11.9 Å². The molecule has 2 N–H and O–H groups in total. The number of hydrogen-bond donors (Lipinski definition) is 1. The van der Waals surface area contributed by atoms with E-state index < -0.39 is 0 Å². The van der Waals surface area contributed by atoms with Crippen LogP contribution in [0.2, 0.25) is 0 Å². The molecule has 17 heavy (non-hydrogen) atoms. The van der Waals surface area contributed by atoms with E-state index in [-0.39, 0.29) is 0 Å². The average Bonchev–Trinajstić information content (AvgIpc) is 2.28. The van der Waals surface area contributed by atoms with Crippen LogP contribution >= 0.6 is 0 Å². The average molecular weight is 234 g/mol. The van der Waals surface area contributed by atoms with Crippen molar-refractivity contribution in [3.63, 3.8) is 0 Å². The van der Waals surface area contributed by atoms with Gasteiger partial charge in [0.15, 0.2) is 0 Å². The van der Waals surface area contributed by atoms with Gasteiger partial charge >= 0.3 is 0 Å². The van der Waals surface area contributed by atoms with Gasteiger partial charge in [0.2, 0.25) is 0 Å². The molecule has 0 aromatic carbocycles.